The number of carbonyl (C=O) groups excluding carboxylic acids is 1. The van der Waals surface area contributed by atoms with Crippen molar-refractivity contribution >= 4 is 17.6 Å². The number of phenols is 1. The summed E-state index contributed by atoms with van der Waals surface area (Å²) in [5, 5.41) is 20.9. The summed E-state index contributed by atoms with van der Waals surface area (Å²) < 4.78 is 0. The van der Waals surface area contributed by atoms with Crippen LogP contribution in [0.2, 0.25) is 0 Å². The number of benzene rings is 1. The highest BCUT2D eigenvalue weighted by Crippen LogP contribution is 2.27. The number of aromatic carboxylic acids is 1. The Balaban J connectivity index is 2.31. The maximum Gasteiger partial charge on any atom is 0.339 e. The first-order valence-electron chi connectivity index (χ1n) is 5.54. The van der Waals surface area contributed by atoms with Crippen molar-refractivity contribution in [2.24, 2.45) is 0 Å². The fourth-order valence-corrected chi connectivity index (χ4v) is 1.60. The number of aromatic amines is 1. The molecular weight excluding hydrogens is 264 g/mol. The van der Waals surface area contributed by atoms with Crippen LogP contribution in [0.5, 0.6) is 5.75 Å². The quantitative estimate of drug-likeness (QED) is 0.623. The van der Waals surface area contributed by atoms with Gasteiger partial charge in [-0.05, 0) is 18.2 Å². The zero-order valence-electron chi connectivity index (χ0n) is 10.1. The lowest BCUT2D eigenvalue weighted by Crippen LogP contribution is -2.16. The second kappa shape index (κ2) is 5.27. The van der Waals surface area contributed by atoms with Crippen molar-refractivity contribution in [3.63, 3.8) is 0 Å². The van der Waals surface area contributed by atoms with Gasteiger partial charge in [0, 0.05) is 17.8 Å². The van der Waals surface area contributed by atoms with Gasteiger partial charge in [0.2, 0.25) is 5.56 Å². The number of carboxylic acids is 1. The lowest BCUT2D eigenvalue weighted by molar-refractivity contribution is 0.0693. The maximum atomic E-state index is 11.9. The summed E-state index contributed by atoms with van der Waals surface area (Å²) in [5.74, 6) is -2.48. The summed E-state index contributed by atoms with van der Waals surface area (Å²) in [6.07, 6.45) is 1.31. The molecule has 7 nitrogen and oxygen atoms in total. The number of hydrogen-bond acceptors (Lipinski definition) is 4. The SMILES string of the molecule is O=C(Nc1cccc(C(=O)O)c1O)c1cc[nH]c(=O)c1. The number of H-pyrrole nitrogens is 1. The van der Waals surface area contributed by atoms with E-state index in [9.17, 15) is 19.5 Å². The number of carboxylic acid groups (broad SMARTS) is 1. The predicted molar refractivity (Wildman–Crippen MR) is 70.1 cm³/mol. The van der Waals surface area contributed by atoms with E-state index in [0.717, 1.165) is 6.07 Å². The van der Waals surface area contributed by atoms with Gasteiger partial charge in [-0.15, -0.1) is 0 Å². The molecule has 0 unspecified atom stereocenters. The Morgan fingerprint density at radius 2 is 1.95 bits per heavy atom. The average Bonchev–Trinajstić information content (AvgIpc) is 2.40. The van der Waals surface area contributed by atoms with Crippen molar-refractivity contribution in [3.05, 3.63) is 58.0 Å². The van der Waals surface area contributed by atoms with E-state index in [4.69, 9.17) is 5.11 Å². The van der Waals surface area contributed by atoms with Gasteiger partial charge in [0.15, 0.2) is 5.75 Å². The minimum absolute atomic E-state index is 0.0461. The molecule has 1 aromatic heterocycles. The molecule has 0 saturated carbocycles. The largest absolute Gasteiger partial charge is 0.505 e. The molecule has 2 rings (SSSR count). The van der Waals surface area contributed by atoms with Crippen LogP contribution in [0.15, 0.2) is 41.3 Å². The molecule has 1 amide bonds. The Bertz CT molecular complexity index is 736. The zero-order valence-corrected chi connectivity index (χ0v) is 10.1. The molecule has 1 heterocycles. The number of aromatic hydroxyl groups is 1. The normalized spacial score (nSPS) is 10.0. The molecule has 0 aliphatic rings. The van der Waals surface area contributed by atoms with E-state index in [2.05, 4.69) is 10.3 Å². The van der Waals surface area contributed by atoms with Gasteiger partial charge in [0.05, 0.1) is 5.69 Å². The van der Waals surface area contributed by atoms with Crippen LogP contribution in [0, 0.1) is 0 Å². The van der Waals surface area contributed by atoms with E-state index in [1.165, 1.54) is 30.5 Å². The third-order valence-corrected chi connectivity index (χ3v) is 2.55. The number of amides is 1. The first-order valence-corrected chi connectivity index (χ1v) is 5.54. The van der Waals surface area contributed by atoms with Crippen LogP contribution in [0.25, 0.3) is 0 Å². The van der Waals surface area contributed by atoms with Gasteiger partial charge < -0.3 is 20.5 Å². The Kier molecular flexibility index (Phi) is 3.52. The molecule has 2 aromatic rings. The smallest absolute Gasteiger partial charge is 0.339 e. The highest BCUT2D eigenvalue weighted by molar-refractivity contribution is 6.06. The van der Waals surface area contributed by atoms with Crippen LogP contribution < -0.4 is 10.9 Å². The molecule has 0 saturated heterocycles. The van der Waals surface area contributed by atoms with E-state index in [1.807, 2.05) is 0 Å². The van der Waals surface area contributed by atoms with E-state index < -0.39 is 23.2 Å². The van der Waals surface area contributed by atoms with Crippen molar-refractivity contribution in [3.8, 4) is 5.75 Å². The molecule has 0 atom stereocenters. The van der Waals surface area contributed by atoms with E-state index in [-0.39, 0.29) is 16.8 Å². The molecule has 7 heteroatoms. The van der Waals surface area contributed by atoms with Gasteiger partial charge in [-0.2, -0.15) is 0 Å². The summed E-state index contributed by atoms with van der Waals surface area (Å²) in [4.78, 5) is 36.2. The van der Waals surface area contributed by atoms with Gasteiger partial charge in [-0.3, -0.25) is 9.59 Å². The van der Waals surface area contributed by atoms with Gasteiger partial charge in [-0.1, -0.05) is 6.07 Å². The highest BCUT2D eigenvalue weighted by atomic mass is 16.4. The van der Waals surface area contributed by atoms with Gasteiger partial charge >= 0.3 is 5.97 Å². The van der Waals surface area contributed by atoms with Crippen LogP contribution in [-0.4, -0.2) is 27.1 Å². The Hall–Kier alpha value is -3.09. The van der Waals surface area contributed by atoms with Crippen molar-refractivity contribution in [2.45, 2.75) is 0 Å². The predicted octanol–water partition coefficient (Wildman–Crippen LogP) is 1.03. The third kappa shape index (κ3) is 2.66. The molecule has 4 N–H and O–H groups in total. The number of nitrogens with one attached hydrogen (secondary N) is 2. The second-order valence-corrected chi connectivity index (χ2v) is 3.90. The molecule has 102 valence electrons. The number of para-hydroxylation sites is 1. The van der Waals surface area contributed by atoms with Gasteiger partial charge in [0.1, 0.15) is 5.56 Å². The molecule has 0 radical (unpaired) electrons. The molecular formula is C13H10N2O5. The summed E-state index contributed by atoms with van der Waals surface area (Å²) in [6.45, 7) is 0. The Morgan fingerprint density at radius 1 is 1.20 bits per heavy atom. The number of carbonyl (C=O) groups is 2. The van der Waals surface area contributed by atoms with Crippen LogP contribution in [0.3, 0.4) is 0 Å². The lowest BCUT2D eigenvalue weighted by atomic mass is 10.1. The Morgan fingerprint density at radius 3 is 2.60 bits per heavy atom. The van der Waals surface area contributed by atoms with E-state index >= 15 is 0 Å². The summed E-state index contributed by atoms with van der Waals surface area (Å²) in [7, 11) is 0. The molecule has 0 bridgehead atoms. The van der Waals surface area contributed by atoms with Crippen molar-refractivity contribution in [1.29, 1.82) is 0 Å². The van der Waals surface area contributed by atoms with E-state index in [1.54, 1.807) is 0 Å². The summed E-state index contributed by atoms with van der Waals surface area (Å²) in [6, 6.07) is 6.42. The second-order valence-electron chi connectivity index (χ2n) is 3.90. The zero-order chi connectivity index (χ0) is 14.7. The molecule has 0 aliphatic carbocycles. The summed E-state index contributed by atoms with van der Waals surface area (Å²) in [5.41, 5.74) is -0.723. The van der Waals surface area contributed by atoms with Crippen LogP contribution in [0.1, 0.15) is 20.7 Å². The number of pyridine rings is 1. The molecule has 0 aliphatic heterocycles. The first-order chi connectivity index (χ1) is 9.49. The molecule has 0 spiro atoms. The van der Waals surface area contributed by atoms with E-state index in [0.29, 0.717) is 0 Å². The molecule has 0 fully saturated rings. The Labute approximate surface area is 112 Å². The topological polar surface area (TPSA) is 119 Å². The first kappa shape index (κ1) is 13.3. The minimum atomic E-state index is -1.31. The fourth-order valence-electron chi connectivity index (χ4n) is 1.60. The summed E-state index contributed by atoms with van der Waals surface area (Å²) >= 11 is 0. The average molecular weight is 274 g/mol. The number of hydrogen-bond donors (Lipinski definition) is 4. The number of rotatable bonds is 3. The van der Waals surface area contributed by atoms with Crippen molar-refractivity contribution < 1.29 is 19.8 Å². The van der Waals surface area contributed by atoms with Gasteiger partial charge in [-0.25, -0.2) is 4.79 Å². The van der Waals surface area contributed by atoms with Crippen LogP contribution in [-0.2, 0) is 0 Å². The molecule has 20 heavy (non-hydrogen) atoms. The monoisotopic (exact) mass is 274 g/mol. The fraction of sp³-hybridized carbons (Fsp3) is 0. The number of aromatic nitrogens is 1. The lowest BCUT2D eigenvalue weighted by Gasteiger charge is -2.08. The van der Waals surface area contributed by atoms with Crippen LogP contribution >= 0.6 is 0 Å². The highest BCUT2D eigenvalue weighted by Gasteiger charge is 2.15. The maximum absolute atomic E-state index is 11.9. The minimum Gasteiger partial charge on any atom is -0.505 e. The van der Waals surface area contributed by atoms with Crippen molar-refractivity contribution in [2.75, 3.05) is 5.32 Å². The van der Waals surface area contributed by atoms with Crippen LogP contribution in [0.4, 0.5) is 5.69 Å². The molecule has 1 aromatic carbocycles. The van der Waals surface area contributed by atoms with Gasteiger partial charge in [0.25, 0.3) is 5.91 Å². The third-order valence-electron chi connectivity index (χ3n) is 2.55. The standard InChI is InChI=1S/C13H10N2O5/c16-10-6-7(4-5-14-10)12(18)15-9-3-1-2-8(11(9)17)13(19)20/h1-6,17H,(H,14,16)(H,15,18)(H,19,20). The number of anilines is 1. The van der Waals surface area contributed by atoms with Crippen molar-refractivity contribution in [1.82, 2.24) is 4.98 Å².